The van der Waals surface area contributed by atoms with Crippen molar-refractivity contribution >= 4 is 5.91 Å². The van der Waals surface area contributed by atoms with Crippen molar-refractivity contribution in [1.29, 1.82) is 0 Å². The highest BCUT2D eigenvalue weighted by Gasteiger charge is 2.31. The van der Waals surface area contributed by atoms with Crippen molar-refractivity contribution in [2.45, 2.75) is 38.5 Å². The third-order valence-corrected chi connectivity index (χ3v) is 5.93. The molecule has 2 aliphatic rings. The van der Waals surface area contributed by atoms with E-state index in [1.54, 1.807) is 14.2 Å². The molecule has 0 unspecified atom stereocenters. The van der Waals surface area contributed by atoms with Gasteiger partial charge in [-0.15, -0.1) is 0 Å². The van der Waals surface area contributed by atoms with E-state index in [4.69, 9.17) is 9.47 Å². The molecule has 1 N–H and O–H groups in total. The number of rotatable bonds is 7. The standard InChI is InChI=1S/C21H32N2O3/c1-25-19-8-7-16(13-20(19)26-2)9-11-22-21(24)15-23-12-10-17-5-3-4-6-18(17)14-23/h7-8,13,17-18H,3-6,9-12,14-15H2,1-2H3,(H,22,24)/t17-,18-/m0/s1. The zero-order valence-corrected chi connectivity index (χ0v) is 16.1. The molecule has 1 aromatic carbocycles. The Bertz CT molecular complexity index is 605. The van der Waals surface area contributed by atoms with Crippen LogP contribution in [0.15, 0.2) is 18.2 Å². The zero-order chi connectivity index (χ0) is 18.4. The van der Waals surface area contributed by atoms with Crippen molar-refractivity contribution in [3.8, 4) is 11.5 Å². The van der Waals surface area contributed by atoms with Crippen LogP contribution in [-0.4, -0.2) is 51.2 Å². The maximum atomic E-state index is 12.3. The number of ether oxygens (including phenoxy) is 2. The van der Waals surface area contributed by atoms with E-state index in [0.29, 0.717) is 13.1 Å². The average molecular weight is 360 g/mol. The van der Waals surface area contributed by atoms with Gasteiger partial charge in [-0.05, 0) is 55.3 Å². The van der Waals surface area contributed by atoms with Gasteiger partial charge in [-0.2, -0.15) is 0 Å². The molecule has 0 radical (unpaired) electrons. The first-order valence-corrected chi connectivity index (χ1v) is 9.89. The molecule has 1 heterocycles. The molecule has 5 nitrogen and oxygen atoms in total. The van der Waals surface area contributed by atoms with Crippen LogP contribution in [0.5, 0.6) is 11.5 Å². The van der Waals surface area contributed by atoms with E-state index >= 15 is 0 Å². The number of amides is 1. The van der Waals surface area contributed by atoms with Gasteiger partial charge in [0.2, 0.25) is 5.91 Å². The number of benzene rings is 1. The highest BCUT2D eigenvalue weighted by molar-refractivity contribution is 5.78. The van der Waals surface area contributed by atoms with Crippen LogP contribution >= 0.6 is 0 Å². The monoisotopic (exact) mass is 360 g/mol. The summed E-state index contributed by atoms with van der Waals surface area (Å²) in [6.45, 7) is 3.36. The van der Waals surface area contributed by atoms with E-state index in [9.17, 15) is 4.79 Å². The van der Waals surface area contributed by atoms with Crippen LogP contribution in [0.4, 0.5) is 0 Å². The van der Waals surface area contributed by atoms with Crippen LogP contribution in [0.3, 0.4) is 0 Å². The molecule has 1 aliphatic carbocycles. The summed E-state index contributed by atoms with van der Waals surface area (Å²) >= 11 is 0. The fourth-order valence-electron chi connectivity index (χ4n) is 4.46. The zero-order valence-electron chi connectivity index (χ0n) is 16.1. The number of hydrogen-bond acceptors (Lipinski definition) is 4. The number of methoxy groups -OCH3 is 2. The Kier molecular flexibility index (Phi) is 6.78. The summed E-state index contributed by atoms with van der Waals surface area (Å²) in [6.07, 6.45) is 7.57. The second kappa shape index (κ2) is 9.26. The number of carbonyl (C=O) groups excluding carboxylic acids is 1. The molecule has 26 heavy (non-hydrogen) atoms. The van der Waals surface area contributed by atoms with Gasteiger partial charge in [0, 0.05) is 13.1 Å². The predicted molar refractivity (Wildman–Crippen MR) is 103 cm³/mol. The Morgan fingerprint density at radius 2 is 1.88 bits per heavy atom. The van der Waals surface area contributed by atoms with Crippen LogP contribution in [0, 0.1) is 11.8 Å². The Morgan fingerprint density at radius 1 is 1.12 bits per heavy atom. The quantitative estimate of drug-likeness (QED) is 0.812. The lowest BCUT2D eigenvalue weighted by molar-refractivity contribution is -0.123. The normalized spacial score (nSPS) is 23.2. The summed E-state index contributed by atoms with van der Waals surface area (Å²) in [6, 6.07) is 5.89. The lowest BCUT2D eigenvalue weighted by Crippen LogP contribution is -2.46. The summed E-state index contributed by atoms with van der Waals surface area (Å²) in [5.74, 6) is 3.32. The summed E-state index contributed by atoms with van der Waals surface area (Å²) in [7, 11) is 3.27. The molecule has 3 rings (SSSR count). The fraction of sp³-hybridized carbons (Fsp3) is 0.667. The molecule has 1 aliphatic heterocycles. The number of nitrogens with zero attached hydrogens (tertiary/aromatic N) is 1. The molecule has 2 atom stereocenters. The largest absolute Gasteiger partial charge is 0.493 e. The van der Waals surface area contributed by atoms with E-state index in [2.05, 4.69) is 10.2 Å². The van der Waals surface area contributed by atoms with Crippen molar-refractivity contribution in [1.82, 2.24) is 10.2 Å². The van der Waals surface area contributed by atoms with Crippen LogP contribution in [0.1, 0.15) is 37.7 Å². The molecular weight excluding hydrogens is 328 g/mol. The Labute approximate surface area is 157 Å². The predicted octanol–water partition coefficient (Wildman–Crippen LogP) is 2.87. The van der Waals surface area contributed by atoms with Crippen molar-refractivity contribution < 1.29 is 14.3 Å². The van der Waals surface area contributed by atoms with Crippen molar-refractivity contribution in [3.05, 3.63) is 23.8 Å². The van der Waals surface area contributed by atoms with Crippen LogP contribution < -0.4 is 14.8 Å². The summed E-state index contributed by atoms with van der Waals surface area (Å²) < 4.78 is 10.6. The van der Waals surface area contributed by atoms with E-state index in [0.717, 1.165) is 48.4 Å². The molecule has 1 amide bonds. The van der Waals surface area contributed by atoms with Gasteiger partial charge in [-0.25, -0.2) is 0 Å². The minimum absolute atomic E-state index is 0.139. The third kappa shape index (κ3) is 4.91. The molecule has 1 saturated carbocycles. The molecule has 0 spiro atoms. The molecule has 1 saturated heterocycles. The first kappa shape index (κ1) is 19.0. The summed E-state index contributed by atoms with van der Waals surface area (Å²) in [4.78, 5) is 14.6. The maximum absolute atomic E-state index is 12.3. The number of fused-ring (bicyclic) bond motifs is 1. The topological polar surface area (TPSA) is 50.8 Å². The SMILES string of the molecule is COc1ccc(CCNC(=O)CN2CC[C@@H]3CCCC[C@H]3C2)cc1OC. The van der Waals surface area contributed by atoms with Gasteiger partial charge in [-0.1, -0.05) is 25.3 Å². The number of piperidine rings is 1. The maximum Gasteiger partial charge on any atom is 0.234 e. The minimum atomic E-state index is 0.139. The van der Waals surface area contributed by atoms with Gasteiger partial charge in [-0.3, -0.25) is 9.69 Å². The lowest BCUT2D eigenvalue weighted by Gasteiger charge is -2.41. The second-order valence-electron chi connectivity index (χ2n) is 7.62. The van der Waals surface area contributed by atoms with E-state index in [1.807, 2.05) is 18.2 Å². The smallest absolute Gasteiger partial charge is 0.234 e. The number of nitrogens with one attached hydrogen (secondary N) is 1. The first-order chi connectivity index (χ1) is 12.7. The average Bonchev–Trinajstić information content (AvgIpc) is 2.67. The highest BCUT2D eigenvalue weighted by Crippen LogP contribution is 2.35. The minimum Gasteiger partial charge on any atom is -0.493 e. The van der Waals surface area contributed by atoms with Gasteiger partial charge in [0.15, 0.2) is 11.5 Å². The van der Waals surface area contributed by atoms with Gasteiger partial charge in [0.1, 0.15) is 0 Å². The molecule has 2 fully saturated rings. The van der Waals surface area contributed by atoms with Crippen molar-refractivity contribution in [3.63, 3.8) is 0 Å². The molecular formula is C21H32N2O3. The Hall–Kier alpha value is -1.75. The molecule has 0 bridgehead atoms. The number of hydrogen-bond donors (Lipinski definition) is 1. The van der Waals surface area contributed by atoms with Gasteiger partial charge in [0.25, 0.3) is 0 Å². The fourth-order valence-corrected chi connectivity index (χ4v) is 4.46. The van der Waals surface area contributed by atoms with Crippen LogP contribution in [-0.2, 0) is 11.2 Å². The van der Waals surface area contributed by atoms with E-state index in [1.165, 1.54) is 32.1 Å². The Morgan fingerprint density at radius 3 is 2.65 bits per heavy atom. The number of carbonyl (C=O) groups is 1. The first-order valence-electron chi connectivity index (χ1n) is 9.89. The van der Waals surface area contributed by atoms with E-state index < -0.39 is 0 Å². The van der Waals surface area contributed by atoms with Gasteiger partial charge < -0.3 is 14.8 Å². The van der Waals surface area contributed by atoms with E-state index in [-0.39, 0.29) is 5.91 Å². The summed E-state index contributed by atoms with van der Waals surface area (Å²) in [5, 5.41) is 3.06. The lowest BCUT2D eigenvalue weighted by atomic mass is 9.75. The van der Waals surface area contributed by atoms with Crippen molar-refractivity contribution in [2.75, 3.05) is 40.4 Å². The van der Waals surface area contributed by atoms with Gasteiger partial charge in [0.05, 0.1) is 20.8 Å². The number of likely N-dealkylation sites (tertiary alicyclic amines) is 1. The molecule has 0 aromatic heterocycles. The van der Waals surface area contributed by atoms with Crippen LogP contribution in [0.2, 0.25) is 0 Å². The second-order valence-corrected chi connectivity index (χ2v) is 7.62. The molecule has 144 valence electrons. The van der Waals surface area contributed by atoms with Crippen molar-refractivity contribution in [2.24, 2.45) is 11.8 Å². The van der Waals surface area contributed by atoms with Crippen LogP contribution in [0.25, 0.3) is 0 Å². The molecule has 1 aromatic rings. The highest BCUT2D eigenvalue weighted by atomic mass is 16.5. The van der Waals surface area contributed by atoms with Gasteiger partial charge >= 0.3 is 0 Å². The third-order valence-electron chi connectivity index (χ3n) is 5.93. The summed E-state index contributed by atoms with van der Waals surface area (Å²) in [5.41, 5.74) is 1.13. The Balaban J connectivity index is 1.40. The molecule has 5 heteroatoms.